The van der Waals surface area contributed by atoms with E-state index in [1.165, 1.54) is 89.9 Å². The molecule has 1 atom stereocenters. The van der Waals surface area contributed by atoms with Crippen LogP contribution in [0.1, 0.15) is 142 Å². The largest absolute Gasteiger partial charge is 0.550 e. The highest BCUT2D eigenvalue weighted by Gasteiger charge is 2.07. The number of hydrogen-bond acceptors (Lipinski definition) is 6. The van der Waals surface area contributed by atoms with Crippen LogP contribution in [0, 0.1) is 0 Å². The SMILES string of the molecule is CCCCCCCCCCCC(=O)OCC(O)CO.CCCCCCCCCCCC(=O)[O-]. The molecular formula is C27H53O6-. The molecule has 0 amide bonds. The highest BCUT2D eigenvalue weighted by atomic mass is 16.5. The first-order valence-electron chi connectivity index (χ1n) is 13.6. The number of carbonyl (C=O) groups excluding carboxylic acids is 2. The zero-order valence-electron chi connectivity index (χ0n) is 21.7. The highest BCUT2D eigenvalue weighted by molar-refractivity contribution is 5.69. The third-order valence-corrected chi connectivity index (χ3v) is 5.62. The van der Waals surface area contributed by atoms with Gasteiger partial charge in [0, 0.05) is 12.4 Å². The minimum atomic E-state index is -0.952. The topological polar surface area (TPSA) is 107 Å². The van der Waals surface area contributed by atoms with E-state index in [0.29, 0.717) is 6.42 Å². The van der Waals surface area contributed by atoms with Gasteiger partial charge in [-0.3, -0.25) is 4.79 Å². The lowest BCUT2D eigenvalue weighted by molar-refractivity contribution is -0.305. The van der Waals surface area contributed by atoms with E-state index >= 15 is 0 Å². The molecule has 198 valence electrons. The van der Waals surface area contributed by atoms with Crippen LogP contribution in [0.5, 0.6) is 0 Å². The van der Waals surface area contributed by atoms with Gasteiger partial charge in [-0.25, -0.2) is 0 Å². The van der Waals surface area contributed by atoms with E-state index in [9.17, 15) is 14.7 Å². The average Bonchev–Trinajstić information content (AvgIpc) is 2.80. The summed E-state index contributed by atoms with van der Waals surface area (Å²) in [5.41, 5.74) is 0. The summed E-state index contributed by atoms with van der Waals surface area (Å²) in [6, 6.07) is 0. The first-order valence-corrected chi connectivity index (χ1v) is 13.6. The number of esters is 1. The molecule has 0 spiro atoms. The van der Waals surface area contributed by atoms with Crippen molar-refractivity contribution >= 4 is 11.9 Å². The molecule has 6 nitrogen and oxygen atoms in total. The molecule has 0 heterocycles. The van der Waals surface area contributed by atoms with Gasteiger partial charge in [-0.1, -0.05) is 117 Å². The standard InChI is InChI=1S/C15H30O4.C12H24O2/c1-2-3-4-5-6-7-8-9-10-11-15(18)19-13-14(17)12-16;1-2-3-4-5-6-7-8-9-10-11-12(13)14/h14,16-17H,2-13H2,1H3;2-11H2,1H3,(H,13,14)/p-1. The van der Waals surface area contributed by atoms with Crippen molar-refractivity contribution in [3.8, 4) is 0 Å². The molecule has 0 aliphatic heterocycles. The fourth-order valence-electron chi connectivity index (χ4n) is 3.47. The molecule has 0 aromatic carbocycles. The number of carboxylic acid groups (broad SMARTS) is 1. The van der Waals surface area contributed by atoms with Gasteiger partial charge < -0.3 is 24.9 Å². The number of rotatable bonds is 23. The van der Waals surface area contributed by atoms with E-state index in [1.54, 1.807) is 0 Å². The van der Waals surface area contributed by atoms with Crippen molar-refractivity contribution in [2.75, 3.05) is 13.2 Å². The van der Waals surface area contributed by atoms with Gasteiger partial charge in [-0.15, -0.1) is 0 Å². The maximum absolute atomic E-state index is 11.3. The summed E-state index contributed by atoms with van der Waals surface area (Å²) in [6.45, 7) is 3.97. The first-order chi connectivity index (χ1) is 16.0. The normalized spacial score (nSPS) is 11.5. The second kappa shape index (κ2) is 28.9. The van der Waals surface area contributed by atoms with Crippen molar-refractivity contribution in [2.24, 2.45) is 0 Å². The minimum absolute atomic E-state index is 0.104. The molecular weight excluding hydrogens is 420 g/mol. The third-order valence-electron chi connectivity index (χ3n) is 5.62. The Kier molecular flexibility index (Phi) is 29.8. The highest BCUT2D eigenvalue weighted by Crippen LogP contribution is 2.11. The molecule has 33 heavy (non-hydrogen) atoms. The van der Waals surface area contributed by atoms with E-state index < -0.39 is 12.1 Å². The average molecular weight is 474 g/mol. The zero-order chi connectivity index (χ0) is 25.0. The predicted molar refractivity (Wildman–Crippen MR) is 133 cm³/mol. The van der Waals surface area contributed by atoms with Crippen LogP contribution >= 0.6 is 0 Å². The Balaban J connectivity index is 0. The first kappa shape index (κ1) is 34.0. The van der Waals surface area contributed by atoms with Crippen molar-refractivity contribution in [3.63, 3.8) is 0 Å². The maximum Gasteiger partial charge on any atom is 0.305 e. The van der Waals surface area contributed by atoms with Gasteiger partial charge in [0.15, 0.2) is 0 Å². The molecule has 0 fully saturated rings. The van der Waals surface area contributed by atoms with Crippen molar-refractivity contribution in [1.29, 1.82) is 0 Å². The number of aliphatic carboxylic acids is 1. The second-order valence-electron chi connectivity index (χ2n) is 9.05. The lowest BCUT2D eigenvalue weighted by atomic mass is 10.1. The molecule has 1 unspecified atom stereocenters. The Bertz CT molecular complexity index is 413. The second-order valence-corrected chi connectivity index (χ2v) is 9.05. The van der Waals surface area contributed by atoms with Gasteiger partial charge in [0.1, 0.15) is 12.7 Å². The number of aliphatic hydroxyl groups excluding tert-OH is 2. The Morgan fingerprint density at radius 3 is 1.39 bits per heavy atom. The van der Waals surface area contributed by atoms with Crippen LogP contribution in [0.2, 0.25) is 0 Å². The lowest BCUT2D eigenvalue weighted by Gasteiger charge is -2.08. The molecule has 0 aliphatic rings. The van der Waals surface area contributed by atoms with Crippen LogP contribution in [0.3, 0.4) is 0 Å². The monoisotopic (exact) mass is 473 g/mol. The van der Waals surface area contributed by atoms with Crippen molar-refractivity contribution in [2.45, 2.75) is 148 Å². The predicted octanol–water partition coefficient (Wildman–Crippen LogP) is 5.46. The molecule has 0 rings (SSSR count). The molecule has 6 heteroatoms. The van der Waals surface area contributed by atoms with E-state index in [-0.39, 0.29) is 25.6 Å². The summed E-state index contributed by atoms with van der Waals surface area (Å²) >= 11 is 0. The van der Waals surface area contributed by atoms with Gasteiger partial charge in [0.25, 0.3) is 0 Å². The Morgan fingerprint density at radius 2 is 1.03 bits per heavy atom. The van der Waals surface area contributed by atoms with Gasteiger partial charge in [-0.05, 0) is 19.3 Å². The van der Waals surface area contributed by atoms with E-state index in [0.717, 1.165) is 25.7 Å². The van der Waals surface area contributed by atoms with Crippen LogP contribution < -0.4 is 5.11 Å². The fraction of sp³-hybridized carbons (Fsp3) is 0.926. The Labute approximate surface area is 203 Å². The van der Waals surface area contributed by atoms with Crippen LogP contribution in [0.15, 0.2) is 0 Å². The minimum Gasteiger partial charge on any atom is -0.550 e. The van der Waals surface area contributed by atoms with Gasteiger partial charge in [0.2, 0.25) is 0 Å². The molecule has 0 saturated carbocycles. The van der Waals surface area contributed by atoms with Crippen LogP contribution in [0.25, 0.3) is 0 Å². The lowest BCUT2D eigenvalue weighted by Crippen LogP contribution is -2.21. The summed E-state index contributed by atoms with van der Waals surface area (Å²) in [5, 5.41) is 27.7. The maximum atomic E-state index is 11.3. The Morgan fingerprint density at radius 1 is 0.667 bits per heavy atom. The zero-order valence-corrected chi connectivity index (χ0v) is 21.7. The van der Waals surface area contributed by atoms with Crippen LogP contribution in [-0.4, -0.2) is 41.5 Å². The summed E-state index contributed by atoms with van der Waals surface area (Å²) in [7, 11) is 0. The van der Waals surface area contributed by atoms with Crippen molar-refractivity contribution in [1.82, 2.24) is 0 Å². The van der Waals surface area contributed by atoms with Gasteiger partial charge in [-0.2, -0.15) is 0 Å². The molecule has 0 aliphatic carbocycles. The summed E-state index contributed by atoms with van der Waals surface area (Å²) < 4.78 is 4.82. The molecule has 0 saturated heterocycles. The van der Waals surface area contributed by atoms with Crippen molar-refractivity contribution < 1.29 is 29.6 Å². The number of aliphatic hydroxyl groups is 2. The van der Waals surface area contributed by atoms with Gasteiger partial charge in [0.05, 0.1) is 6.61 Å². The molecule has 0 bridgehead atoms. The van der Waals surface area contributed by atoms with Crippen LogP contribution in [-0.2, 0) is 14.3 Å². The summed E-state index contributed by atoms with van der Waals surface area (Å²) in [6.07, 6.45) is 21.6. The molecule has 2 N–H and O–H groups in total. The van der Waals surface area contributed by atoms with E-state index in [2.05, 4.69) is 13.8 Å². The molecule has 0 radical (unpaired) electrons. The van der Waals surface area contributed by atoms with E-state index in [4.69, 9.17) is 14.9 Å². The number of hydrogen-bond donors (Lipinski definition) is 2. The van der Waals surface area contributed by atoms with Crippen LogP contribution in [0.4, 0.5) is 0 Å². The number of carboxylic acids is 1. The fourth-order valence-corrected chi connectivity index (χ4v) is 3.47. The van der Waals surface area contributed by atoms with Crippen molar-refractivity contribution in [3.05, 3.63) is 0 Å². The molecule has 0 aromatic rings. The third kappa shape index (κ3) is 33.1. The van der Waals surface area contributed by atoms with E-state index in [1.807, 2.05) is 0 Å². The number of unbranched alkanes of at least 4 members (excludes halogenated alkanes) is 16. The summed E-state index contributed by atoms with van der Waals surface area (Å²) in [5.74, 6) is -1.19. The summed E-state index contributed by atoms with van der Waals surface area (Å²) in [4.78, 5) is 21.4. The number of ether oxygens (including phenoxy) is 1. The Hall–Kier alpha value is -1.14. The molecule has 0 aromatic heterocycles. The quantitative estimate of drug-likeness (QED) is 0.151. The van der Waals surface area contributed by atoms with Gasteiger partial charge >= 0.3 is 5.97 Å². The number of carbonyl (C=O) groups is 2. The smallest absolute Gasteiger partial charge is 0.305 e.